The van der Waals surface area contributed by atoms with Crippen molar-refractivity contribution in [2.45, 2.75) is 50.7 Å². The summed E-state index contributed by atoms with van der Waals surface area (Å²) in [5, 5.41) is 2.82. The molecule has 0 bridgehead atoms. The van der Waals surface area contributed by atoms with Crippen molar-refractivity contribution in [3.05, 3.63) is 0 Å². The van der Waals surface area contributed by atoms with E-state index < -0.39 is 11.6 Å². The molecule has 1 N–H and O–H groups in total. The van der Waals surface area contributed by atoms with Crippen LogP contribution in [-0.2, 0) is 14.3 Å². The summed E-state index contributed by atoms with van der Waals surface area (Å²) in [6.07, 6.45) is 2.92. The first kappa shape index (κ1) is 12.0. The van der Waals surface area contributed by atoms with Gasteiger partial charge >= 0.3 is 0 Å². The standard InChI is InChI=1S/C13H20N2O3/c1-8-11(16)15(10-5-6-18-7-10)13(2,9-3-4-9)12(17)14-8/h8-10H,3-7H2,1-2H3,(H,14,17). The van der Waals surface area contributed by atoms with Gasteiger partial charge in [0.25, 0.3) is 0 Å². The van der Waals surface area contributed by atoms with Crippen LogP contribution in [0.5, 0.6) is 0 Å². The number of nitrogens with zero attached hydrogens (tertiary/aromatic N) is 1. The topological polar surface area (TPSA) is 58.6 Å². The molecule has 2 saturated heterocycles. The summed E-state index contributed by atoms with van der Waals surface area (Å²) < 4.78 is 5.40. The average molecular weight is 252 g/mol. The van der Waals surface area contributed by atoms with E-state index in [9.17, 15) is 9.59 Å². The summed E-state index contributed by atoms with van der Waals surface area (Å²) in [5.74, 6) is 0.359. The zero-order valence-corrected chi connectivity index (χ0v) is 10.9. The van der Waals surface area contributed by atoms with Gasteiger partial charge in [0.15, 0.2) is 0 Å². The van der Waals surface area contributed by atoms with Gasteiger partial charge in [0.1, 0.15) is 11.6 Å². The molecule has 3 unspecified atom stereocenters. The van der Waals surface area contributed by atoms with Crippen LogP contribution in [0.15, 0.2) is 0 Å². The lowest BCUT2D eigenvalue weighted by atomic mass is 9.86. The van der Waals surface area contributed by atoms with Crippen LogP contribution in [-0.4, -0.2) is 47.6 Å². The number of amides is 2. The number of carbonyl (C=O) groups excluding carboxylic acids is 2. The van der Waals surface area contributed by atoms with Gasteiger partial charge in [0.2, 0.25) is 11.8 Å². The summed E-state index contributed by atoms with van der Waals surface area (Å²) in [6.45, 7) is 4.93. The van der Waals surface area contributed by atoms with Crippen LogP contribution in [0.25, 0.3) is 0 Å². The third-order valence-corrected chi connectivity index (χ3v) is 4.56. The number of hydrogen-bond acceptors (Lipinski definition) is 3. The van der Waals surface area contributed by atoms with E-state index in [2.05, 4.69) is 5.32 Å². The second-order valence-electron chi connectivity index (χ2n) is 5.84. The van der Waals surface area contributed by atoms with E-state index in [1.165, 1.54) is 0 Å². The molecule has 100 valence electrons. The first-order valence-electron chi connectivity index (χ1n) is 6.77. The van der Waals surface area contributed by atoms with Crippen molar-refractivity contribution in [3.63, 3.8) is 0 Å². The zero-order valence-electron chi connectivity index (χ0n) is 10.9. The van der Waals surface area contributed by atoms with E-state index in [1.807, 2.05) is 11.8 Å². The largest absolute Gasteiger partial charge is 0.379 e. The number of rotatable bonds is 2. The summed E-state index contributed by atoms with van der Waals surface area (Å²) in [5.41, 5.74) is -0.665. The van der Waals surface area contributed by atoms with Crippen molar-refractivity contribution in [2.24, 2.45) is 5.92 Å². The van der Waals surface area contributed by atoms with E-state index in [0.717, 1.165) is 19.3 Å². The lowest BCUT2D eigenvalue weighted by Gasteiger charge is -2.48. The van der Waals surface area contributed by atoms with E-state index in [1.54, 1.807) is 6.92 Å². The summed E-state index contributed by atoms with van der Waals surface area (Å²) in [6, 6.07) is -0.346. The quantitative estimate of drug-likeness (QED) is 0.768. The molecule has 0 aromatic rings. The Kier molecular flexibility index (Phi) is 2.62. The molecular formula is C13H20N2O3. The van der Waals surface area contributed by atoms with Crippen molar-refractivity contribution >= 4 is 11.8 Å². The Morgan fingerprint density at radius 1 is 1.33 bits per heavy atom. The van der Waals surface area contributed by atoms with E-state index >= 15 is 0 Å². The van der Waals surface area contributed by atoms with Gasteiger partial charge in [-0.25, -0.2) is 0 Å². The first-order chi connectivity index (χ1) is 8.55. The maximum Gasteiger partial charge on any atom is 0.246 e. The Morgan fingerprint density at radius 2 is 2.06 bits per heavy atom. The predicted molar refractivity (Wildman–Crippen MR) is 64.8 cm³/mol. The van der Waals surface area contributed by atoms with Gasteiger partial charge in [-0.2, -0.15) is 0 Å². The lowest BCUT2D eigenvalue weighted by molar-refractivity contribution is -0.161. The predicted octanol–water partition coefficient (Wildman–Crippen LogP) is 0.291. The van der Waals surface area contributed by atoms with Crippen molar-refractivity contribution in [1.29, 1.82) is 0 Å². The molecule has 5 heteroatoms. The van der Waals surface area contributed by atoms with Crippen molar-refractivity contribution < 1.29 is 14.3 Å². The Morgan fingerprint density at radius 3 is 2.61 bits per heavy atom. The maximum absolute atomic E-state index is 12.5. The van der Waals surface area contributed by atoms with Crippen LogP contribution < -0.4 is 5.32 Å². The fraction of sp³-hybridized carbons (Fsp3) is 0.846. The number of nitrogens with one attached hydrogen (secondary N) is 1. The van der Waals surface area contributed by atoms with Gasteiger partial charge in [-0.1, -0.05) is 0 Å². The molecule has 0 aromatic carbocycles. The minimum Gasteiger partial charge on any atom is -0.379 e. The summed E-state index contributed by atoms with van der Waals surface area (Å²) in [4.78, 5) is 26.7. The molecule has 3 rings (SSSR count). The fourth-order valence-corrected chi connectivity index (χ4v) is 3.26. The molecule has 0 radical (unpaired) electrons. The monoisotopic (exact) mass is 252 g/mol. The Hall–Kier alpha value is -1.10. The minimum atomic E-state index is -0.665. The van der Waals surface area contributed by atoms with E-state index in [4.69, 9.17) is 4.74 Å². The van der Waals surface area contributed by atoms with Gasteiger partial charge in [-0.05, 0) is 39.0 Å². The Labute approximate surface area is 107 Å². The molecule has 0 spiro atoms. The van der Waals surface area contributed by atoms with Gasteiger partial charge in [0.05, 0.1) is 12.6 Å². The zero-order chi connectivity index (χ0) is 12.9. The number of piperazine rings is 1. The number of ether oxygens (including phenoxy) is 1. The van der Waals surface area contributed by atoms with Crippen LogP contribution in [0.2, 0.25) is 0 Å². The van der Waals surface area contributed by atoms with Crippen LogP contribution >= 0.6 is 0 Å². The van der Waals surface area contributed by atoms with Crippen LogP contribution in [0, 0.1) is 5.92 Å². The van der Waals surface area contributed by atoms with Crippen LogP contribution in [0.1, 0.15) is 33.1 Å². The summed E-state index contributed by atoms with van der Waals surface area (Å²) >= 11 is 0. The lowest BCUT2D eigenvalue weighted by Crippen LogP contribution is -2.72. The minimum absolute atomic E-state index is 0.00370. The fourth-order valence-electron chi connectivity index (χ4n) is 3.26. The van der Waals surface area contributed by atoms with Gasteiger partial charge in [-0.3, -0.25) is 9.59 Å². The van der Waals surface area contributed by atoms with Gasteiger partial charge in [-0.15, -0.1) is 0 Å². The molecule has 0 aromatic heterocycles. The normalized spacial score (nSPS) is 41.1. The van der Waals surface area contributed by atoms with Crippen LogP contribution in [0.3, 0.4) is 0 Å². The molecule has 5 nitrogen and oxygen atoms in total. The second kappa shape index (κ2) is 3.95. The third-order valence-electron chi connectivity index (χ3n) is 4.56. The molecule has 1 saturated carbocycles. The molecule has 3 atom stereocenters. The maximum atomic E-state index is 12.5. The Bertz CT molecular complexity index is 388. The SMILES string of the molecule is CC1NC(=O)C(C)(C2CC2)N(C2CCOC2)C1=O. The van der Waals surface area contributed by atoms with E-state index in [0.29, 0.717) is 19.1 Å². The highest BCUT2D eigenvalue weighted by Gasteiger charge is 2.58. The highest BCUT2D eigenvalue weighted by atomic mass is 16.5. The molecule has 2 amide bonds. The molecular weight excluding hydrogens is 232 g/mol. The van der Waals surface area contributed by atoms with Crippen molar-refractivity contribution in [3.8, 4) is 0 Å². The molecule has 3 aliphatic rings. The van der Waals surface area contributed by atoms with E-state index in [-0.39, 0.29) is 17.9 Å². The molecule has 2 heterocycles. The summed E-state index contributed by atoms with van der Waals surface area (Å²) in [7, 11) is 0. The number of carbonyl (C=O) groups is 2. The molecule has 1 aliphatic carbocycles. The molecule has 3 fully saturated rings. The number of hydrogen-bond donors (Lipinski definition) is 1. The van der Waals surface area contributed by atoms with Crippen molar-refractivity contribution in [1.82, 2.24) is 10.2 Å². The van der Waals surface area contributed by atoms with Gasteiger partial charge < -0.3 is 15.0 Å². The average Bonchev–Trinajstić information content (AvgIpc) is 3.06. The third kappa shape index (κ3) is 1.56. The molecule has 2 aliphatic heterocycles. The van der Waals surface area contributed by atoms with Gasteiger partial charge in [0, 0.05) is 6.61 Å². The first-order valence-corrected chi connectivity index (χ1v) is 6.77. The Balaban J connectivity index is 1.96. The second-order valence-corrected chi connectivity index (χ2v) is 5.84. The van der Waals surface area contributed by atoms with Crippen molar-refractivity contribution in [2.75, 3.05) is 13.2 Å². The highest BCUT2D eigenvalue weighted by Crippen LogP contribution is 2.46. The smallest absolute Gasteiger partial charge is 0.246 e. The highest BCUT2D eigenvalue weighted by molar-refractivity contribution is 6.00. The molecule has 18 heavy (non-hydrogen) atoms. The van der Waals surface area contributed by atoms with Crippen LogP contribution in [0.4, 0.5) is 0 Å².